The molecule has 1 unspecified atom stereocenters. The second-order valence-corrected chi connectivity index (χ2v) is 3.97. The van der Waals surface area contributed by atoms with E-state index in [1.54, 1.807) is 0 Å². The molecule has 1 aliphatic rings. The van der Waals surface area contributed by atoms with E-state index in [-0.39, 0.29) is 5.41 Å². The van der Waals surface area contributed by atoms with Crippen molar-refractivity contribution in [2.75, 3.05) is 0 Å². The van der Waals surface area contributed by atoms with Gasteiger partial charge in [0.1, 0.15) is 0 Å². The molecule has 0 saturated carbocycles. The first kappa shape index (κ1) is 9.80. The van der Waals surface area contributed by atoms with Crippen LogP contribution in [-0.4, -0.2) is 0 Å². The van der Waals surface area contributed by atoms with Gasteiger partial charge in [0.15, 0.2) is 0 Å². The zero-order valence-electron chi connectivity index (χ0n) is 8.90. The lowest BCUT2D eigenvalue weighted by Crippen LogP contribution is -2.21. The predicted molar refractivity (Wildman–Crippen MR) is 64.6 cm³/mol. The van der Waals surface area contributed by atoms with Crippen molar-refractivity contribution in [2.24, 2.45) is 0 Å². The summed E-state index contributed by atoms with van der Waals surface area (Å²) in [5, 5.41) is 0. The van der Waals surface area contributed by atoms with Crippen LogP contribution < -0.4 is 0 Å². The number of hydrogen-bond donors (Lipinski definition) is 0. The Labute approximate surface area is 91.3 Å². The van der Waals surface area contributed by atoms with Crippen LogP contribution >= 0.6 is 0 Å². The van der Waals surface area contributed by atoms with E-state index in [1.807, 2.05) is 12.2 Å². The first-order chi connectivity index (χ1) is 7.27. The van der Waals surface area contributed by atoms with Gasteiger partial charge in [0.2, 0.25) is 0 Å². The minimum atomic E-state index is -0.234. The normalized spacial score (nSPS) is 23.7. The maximum Gasteiger partial charge on any atom is 0.0777 e. The fourth-order valence-corrected chi connectivity index (χ4v) is 1.88. The summed E-state index contributed by atoms with van der Waals surface area (Å²) in [5.41, 5.74) is 2.24. The Balaban J connectivity index is 2.44. The summed E-state index contributed by atoms with van der Waals surface area (Å²) in [7, 11) is 0. The van der Waals surface area contributed by atoms with E-state index < -0.39 is 0 Å². The molecule has 0 heteroatoms. The van der Waals surface area contributed by atoms with Crippen molar-refractivity contribution in [3.8, 4) is 12.3 Å². The van der Waals surface area contributed by atoms with Gasteiger partial charge < -0.3 is 0 Å². The molecular weight excluding hydrogens is 180 g/mol. The van der Waals surface area contributed by atoms with Gasteiger partial charge in [-0.15, -0.1) is 6.42 Å². The summed E-state index contributed by atoms with van der Waals surface area (Å²) in [6, 6.07) is 8.47. The molecule has 74 valence electrons. The zero-order chi connectivity index (χ0) is 10.7. The van der Waals surface area contributed by atoms with Crippen molar-refractivity contribution in [1.82, 2.24) is 0 Å². The molecule has 0 N–H and O–H groups in total. The molecule has 0 saturated heterocycles. The molecule has 0 aromatic heterocycles. The molecule has 2 rings (SSSR count). The van der Waals surface area contributed by atoms with Gasteiger partial charge >= 0.3 is 0 Å². The zero-order valence-corrected chi connectivity index (χ0v) is 8.90. The highest BCUT2D eigenvalue weighted by molar-refractivity contribution is 5.44. The monoisotopic (exact) mass is 194 g/mol. The lowest BCUT2D eigenvalue weighted by Gasteiger charge is -2.26. The lowest BCUT2D eigenvalue weighted by atomic mass is 9.76. The summed E-state index contributed by atoms with van der Waals surface area (Å²) >= 11 is 0. The van der Waals surface area contributed by atoms with Crippen LogP contribution in [0.3, 0.4) is 0 Å². The Kier molecular flexibility index (Phi) is 2.47. The van der Waals surface area contributed by atoms with Crippen molar-refractivity contribution in [1.29, 1.82) is 0 Å². The third-order valence-corrected chi connectivity index (χ3v) is 2.89. The second-order valence-electron chi connectivity index (χ2n) is 3.97. The third-order valence-electron chi connectivity index (χ3n) is 2.89. The Morgan fingerprint density at radius 2 is 1.93 bits per heavy atom. The van der Waals surface area contributed by atoms with Crippen LogP contribution in [0.15, 0.2) is 48.6 Å². The molecule has 0 amide bonds. The fourth-order valence-electron chi connectivity index (χ4n) is 1.88. The van der Waals surface area contributed by atoms with Crippen molar-refractivity contribution in [2.45, 2.75) is 18.8 Å². The van der Waals surface area contributed by atoms with E-state index in [1.165, 1.54) is 11.1 Å². The van der Waals surface area contributed by atoms with Crippen LogP contribution in [0.4, 0.5) is 0 Å². The van der Waals surface area contributed by atoms with E-state index in [0.717, 1.165) is 6.42 Å². The van der Waals surface area contributed by atoms with E-state index in [4.69, 9.17) is 6.42 Å². The molecule has 0 spiro atoms. The van der Waals surface area contributed by atoms with E-state index in [0.29, 0.717) is 0 Å². The number of aryl methyl sites for hydroxylation is 1. The smallest absolute Gasteiger partial charge is 0.0777 e. The van der Waals surface area contributed by atoms with Crippen LogP contribution in [-0.2, 0) is 5.41 Å². The van der Waals surface area contributed by atoms with Crippen molar-refractivity contribution in [3.63, 3.8) is 0 Å². The number of allylic oxidation sites excluding steroid dienone is 4. The van der Waals surface area contributed by atoms with Gasteiger partial charge in [0.05, 0.1) is 5.41 Å². The maximum atomic E-state index is 5.67. The molecule has 0 fully saturated rings. The van der Waals surface area contributed by atoms with E-state index in [9.17, 15) is 0 Å². The van der Waals surface area contributed by atoms with Gasteiger partial charge in [0.25, 0.3) is 0 Å². The fraction of sp³-hybridized carbons (Fsp3) is 0.200. The average Bonchev–Trinajstić information content (AvgIpc) is 2.31. The molecule has 15 heavy (non-hydrogen) atoms. The van der Waals surface area contributed by atoms with Gasteiger partial charge in [-0.2, -0.15) is 0 Å². The van der Waals surface area contributed by atoms with Gasteiger partial charge in [-0.1, -0.05) is 60.1 Å². The third kappa shape index (κ3) is 1.74. The van der Waals surface area contributed by atoms with Crippen LogP contribution in [0.5, 0.6) is 0 Å². The number of benzene rings is 1. The topological polar surface area (TPSA) is 0 Å². The lowest BCUT2D eigenvalue weighted by molar-refractivity contribution is 0.702. The number of hydrogen-bond acceptors (Lipinski definition) is 0. The average molecular weight is 194 g/mol. The van der Waals surface area contributed by atoms with E-state index >= 15 is 0 Å². The molecule has 0 heterocycles. The number of terminal acetylenes is 1. The quantitative estimate of drug-likeness (QED) is 0.601. The molecule has 1 atom stereocenters. The first-order valence-electron chi connectivity index (χ1n) is 5.16. The number of rotatable bonds is 1. The van der Waals surface area contributed by atoms with Crippen LogP contribution in [0, 0.1) is 19.3 Å². The van der Waals surface area contributed by atoms with Crippen molar-refractivity contribution >= 4 is 0 Å². The first-order valence-corrected chi connectivity index (χ1v) is 5.16. The summed E-state index contributed by atoms with van der Waals surface area (Å²) in [4.78, 5) is 0. The molecule has 0 aliphatic heterocycles. The van der Waals surface area contributed by atoms with Gasteiger partial charge in [0, 0.05) is 0 Å². The molecule has 0 nitrogen and oxygen atoms in total. The summed E-state index contributed by atoms with van der Waals surface area (Å²) in [6.07, 6.45) is 14.9. The molecule has 1 aliphatic carbocycles. The van der Waals surface area contributed by atoms with Gasteiger partial charge in [-0.25, -0.2) is 0 Å². The highest BCUT2D eigenvalue weighted by Crippen LogP contribution is 2.31. The van der Waals surface area contributed by atoms with Crippen LogP contribution in [0.25, 0.3) is 0 Å². The molecule has 0 radical (unpaired) electrons. The van der Waals surface area contributed by atoms with Crippen molar-refractivity contribution in [3.05, 3.63) is 59.7 Å². The predicted octanol–water partition coefficient (Wildman–Crippen LogP) is 3.38. The Morgan fingerprint density at radius 1 is 1.20 bits per heavy atom. The highest BCUT2D eigenvalue weighted by atomic mass is 14.3. The van der Waals surface area contributed by atoms with Crippen LogP contribution in [0.2, 0.25) is 0 Å². The van der Waals surface area contributed by atoms with Crippen LogP contribution in [0.1, 0.15) is 17.5 Å². The summed E-state index contributed by atoms with van der Waals surface area (Å²) in [5.74, 6) is 2.92. The standard InChI is InChI=1S/C15H14/c1-3-15(11-5-4-6-12-15)14-9-7-13(2)8-10-14/h1,4-11H,12H2,2H3. The second kappa shape index (κ2) is 3.79. The maximum absolute atomic E-state index is 5.67. The van der Waals surface area contributed by atoms with Crippen molar-refractivity contribution < 1.29 is 0 Å². The Hall–Kier alpha value is -1.74. The minimum absolute atomic E-state index is 0.234. The largest absolute Gasteiger partial charge is 0.119 e. The summed E-state index contributed by atoms with van der Waals surface area (Å²) in [6.45, 7) is 2.09. The Morgan fingerprint density at radius 3 is 2.47 bits per heavy atom. The summed E-state index contributed by atoms with van der Waals surface area (Å²) < 4.78 is 0. The molecule has 0 bridgehead atoms. The molecule has 1 aromatic carbocycles. The van der Waals surface area contributed by atoms with Gasteiger partial charge in [-0.05, 0) is 18.9 Å². The minimum Gasteiger partial charge on any atom is -0.119 e. The molecular formula is C15H14. The SMILES string of the molecule is C#CC1(c2ccc(C)cc2)C=CC=CC1. The van der Waals surface area contributed by atoms with Gasteiger partial charge in [-0.3, -0.25) is 0 Å². The Bertz CT molecular complexity index is 440. The molecule has 1 aromatic rings. The highest BCUT2D eigenvalue weighted by Gasteiger charge is 2.26. The van der Waals surface area contributed by atoms with E-state index in [2.05, 4.69) is 49.3 Å².